The topological polar surface area (TPSA) is 26.7 Å². The standard InChI is InChI=1S/C15H24N2O/c1-16(11-12-18)15-7-9-17(10-8-15)13-14-5-3-2-4-6-14/h2-6,15,18H,7-13H2,1H3. The number of aliphatic hydroxyl groups is 1. The minimum absolute atomic E-state index is 0.265. The highest BCUT2D eigenvalue weighted by atomic mass is 16.3. The van der Waals surface area contributed by atoms with Gasteiger partial charge in [0, 0.05) is 19.1 Å². The summed E-state index contributed by atoms with van der Waals surface area (Å²) in [6, 6.07) is 11.3. The van der Waals surface area contributed by atoms with Crippen molar-refractivity contribution in [3.8, 4) is 0 Å². The van der Waals surface area contributed by atoms with Gasteiger partial charge in [-0.3, -0.25) is 4.90 Å². The van der Waals surface area contributed by atoms with Gasteiger partial charge >= 0.3 is 0 Å². The summed E-state index contributed by atoms with van der Waals surface area (Å²) in [6.45, 7) is 4.45. The molecule has 0 bridgehead atoms. The van der Waals surface area contributed by atoms with Crippen molar-refractivity contribution in [2.24, 2.45) is 0 Å². The fraction of sp³-hybridized carbons (Fsp3) is 0.600. The van der Waals surface area contributed by atoms with Crippen molar-refractivity contribution >= 4 is 0 Å². The molecular formula is C15H24N2O. The lowest BCUT2D eigenvalue weighted by atomic mass is 10.0. The van der Waals surface area contributed by atoms with Gasteiger partial charge in [0.05, 0.1) is 6.61 Å². The zero-order chi connectivity index (χ0) is 12.8. The monoisotopic (exact) mass is 248 g/mol. The molecule has 1 aliphatic heterocycles. The average Bonchev–Trinajstić information content (AvgIpc) is 2.41. The number of likely N-dealkylation sites (tertiary alicyclic amines) is 1. The van der Waals surface area contributed by atoms with Crippen molar-refractivity contribution < 1.29 is 5.11 Å². The van der Waals surface area contributed by atoms with Gasteiger partial charge in [-0.05, 0) is 38.5 Å². The van der Waals surface area contributed by atoms with Gasteiger partial charge in [0.1, 0.15) is 0 Å². The number of aliphatic hydroxyl groups excluding tert-OH is 1. The van der Waals surface area contributed by atoms with Crippen LogP contribution in [0.25, 0.3) is 0 Å². The van der Waals surface area contributed by atoms with E-state index >= 15 is 0 Å². The van der Waals surface area contributed by atoms with E-state index in [1.54, 1.807) is 0 Å². The Bertz CT molecular complexity index is 334. The molecular weight excluding hydrogens is 224 g/mol. The molecule has 0 amide bonds. The van der Waals surface area contributed by atoms with Crippen molar-refractivity contribution in [3.05, 3.63) is 35.9 Å². The summed E-state index contributed by atoms with van der Waals surface area (Å²) in [6.07, 6.45) is 2.42. The quantitative estimate of drug-likeness (QED) is 0.857. The first kappa shape index (κ1) is 13.5. The summed E-state index contributed by atoms with van der Waals surface area (Å²) >= 11 is 0. The Morgan fingerprint density at radius 3 is 2.50 bits per heavy atom. The van der Waals surface area contributed by atoms with Gasteiger partial charge in [0.2, 0.25) is 0 Å². The molecule has 0 unspecified atom stereocenters. The first-order chi connectivity index (χ1) is 8.79. The van der Waals surface area contributed by atoms with E-state index in [0.717, 1.165) is 26.2 Å². The Kier molecular flexibility index (Phi) is 5.17. The van der Waals surface area contributed by atoms with Crippen LogP contribution >= 0.6 is 0 Å². The fourth-order valence-electron chi connectivity index (χ4n) is 2.70. The van der Waals surface area contributed by atoms with Crippen LogP contribution in [0.5, 0.6) is 0 Å². The van der Waals surface area contributed by atoms with Crippen molar-refractivity contribution in [3.63, 3.8) is 0 Å². The van der Waals surface area contributed by atoms with Gasteiger partial charge in [-0.15, -0.1) is 0 Å². The number of rotatable bonds is 5. The van der Waals surface area contributed by atoms with Crippen LogP contribution in [0.2, 0.25) is 0 Å². The molecule has 1 N–H and O–H groups in total. The Morgan fingerprint density at radius 2 is 1.89 bits per heavy atom. The van der Waals surface area contributed by atoms with Gasteiger partial charge < -0.3 is 10.0 Å². The van der Waals surface area contributed by atoms with E-state index in [-0.39, 0.29) is 6.61 Å². The molecule has 3 nitrogen and oxygen atoms in total. The van der Waals surface area contributed by atoms with E-state index in [1.807, 2.05) is 0 Å². The number of nitrogens with zero attached hydrogens (tertiary/aromatic N) is 2. The summed E-state index contributed by atoms with van der Waals surface area (Å²) in [7, 11) is 2.12. The highest BCUT2D eigenvalue weighted by molar-refractivity contribution is 5.14. The molecule has 1 fully saturated rings. The molecule has 1 saturated heterocycles. The van der Waals surface area contributed by atoms with E-state index in [1.165, 1.54) is 18.4 Å². The van der Waals surface area contributed by atoms with E-state index in [0.29, 0.717) is 6.04 Å². The summed E-state index contributed by atoms with van der Waals surface area (Å²) in [5.74, 6) is 0. The third-order valence-corrected chi connectivity index (χ3v) is 3.88. The van der Waals surface area contributed by atoms with Crippen LogP contribution in [0.4, 0.5) is 0 Å². The second-order valence-electron chi connectivity index (χ2n) is 5.20. The highest BCUT2D eigenvalue weighted by Crippen LogP contribution is 2.17. The Balaban J connectivity index is 1.77. The van der Waals surface area contributed by atoms with Gasteiger partial charge in [0.15, 0.2) is 0 Å². The highest BCUT2D eigenvalue weighted by Gasteiger charge is 2.21. The largest absolute Gasteiger partial charge is 0.395 e. The van der Waals surface area contributed by atoms with Crippen LogP contribution in [-0.4, -0.2) is 54.2 Å². The zero-order valence-corrected chi connectivity index (χ0v) is 11.3. The molecule has 0 spiro atoms. The Hall–Kier alpha value is -0.900. The number of benzene rings is 1. The molecule has 18 heavy (non-hydrogen) atoms. The number of piperidine rings is 1. The second kappa shape index (κ2) is 6.88. The minimum Gasteiger partial charge on any atom is -0.395 e. The van der Waals surface area contributed by atoms with E-state index in [9.17, 15) is 0 Å². The van der Waals surface area contributed by atoms with Crippen molar-refractivity contribution in [2.75, 3.05) is 33.3 Å². The predicted molar refractivity (Wildman–Crippen MR) is 74.5 cm³/mol. The summed E-state index contributed by atoms with van der Waals surface area (Å²) in [5, 5.41) is 8.96. The smallest absolute Gasteiger partial charge is 0.0558 e. The molecule has 0 atom stereocenters. The normalized spacial score (nSPS) is 18.4. The molecule has 2 rings (SSSR count). The molecule has 0 aliphatic carbocycles. The Morgan fingerprint density at radius 1 is 1.22 bits per heavy atom. The molecule has 0 saturated carbocycles. The minimum atomic E-state index is 0.265. The molecule has 1 aliphatic rings. The number of hydrogen-bond acceptors (Lipinski definition) is 3. The first-order valence-electron chi connectivity index (χ1n) is 6.87. The lowest BCUT2D eigenvalue weighted by Gasteiger charge is -2.36. The SMILES string of the molecule is CN(CCO)C1CCN(Cc2ccccc2)CC1. The maximum absolute atomic E-state index is 8.96. The average molecular weight is 248 g/mol. The maximum Gasteiger partial charge on any atom is 0.0558 e. The van der Waals surface area contributed by atoms with Crippen LogP contribution < -0.4 is 0 Å². The third-order valence-electron chi connectivity index (χ3n) is 3.88. The van der Waals surface area contributed by atoms with Crippen molar-refractivity contribution in [1.82, 2.24) is 9.80 Å². The van der Waals surface area contributed by atoms with E-state index in [4.69, 9.17) is 5.11 Å². The molecule has 0 aromatic heterocycles. The maximum atomic E-state index is 8.96. The summed E-state index contributed by atoms with van der Waals surface area (Å²) in [4.78, 5) is 4.82. The van der Waals surface area contributed by atoms with E-state index in [2.05, 4.69) is 47.2 Å². The molecule has 0 radical (unpaired) electrons. The molecule has 3 heteroatoms. The third kappa shape index (κ3) is 3.80. The molecule has 100 valence electrons. The Labute approximate surface area is 110 Å². The van der Waals surface area contributed by atoms with E-state index < -0.39 is 0 Å². The number of hydrogen-bond donors (Lipinski definition) is 1. The lowest BCUT2D eigenvalue weighted by Crippen LogP contribution is -2.43. The van der Waals surface area contributed by atoms with Crippen LogP contribution in [0.1, 0.15) is 18.4 Å². The molecule has 1 aromatic rings. The van der Waals surface area contributed by atoms with Gasteiger partial charge in [-0.25, -0.2) is 0 Å². The first-order valence-corrected chi connectivity index (χ1v) is 6.87. The van der Waals surface area contributed by atoms with Crippen LogP contribution in [0.15, 0.2) is 30.3 Å². The zero-order valence-electron chi connectivity index (χ0n) is 11.3. The van der Waals surface area contributed by atoms with Gasteiger partial charge in [0.25, 0.3) is 0 Å². The van der Waals surface area contributed by atoms with Crippen LogP contribution in [0, 0.1) is 0 Å². The molecule has 1 heterocycles. The lowest BCUT2D eigenvalue weighted by molar-refractivity contribution is 0.108. The molecule has 1 aromatic carbocycles. The predicted octanol–water partition coefficient (Wildman–Crippen LogP) is 1.58. The fourth-order valence-corrected chi connectivity index (χ4v) is 2.70. The van der Waals surface area contributed by atoms with Crippen molar-refractivity contribution in [2.45, 2.75) is 25.4 Å². The number of likely N-dealkylation sites (N-methyl/N-ethyl adjacent to an activating group) is 1. The summed E-state index contributed by atoms with van der Waals surface area (Å²) in [5.41, 5.74) is 1.40. The van der Waals surface area contributed by atoms with Gasteiger partial charge in [-0.2, -0.15) is 0 Å². The summed E-state index contributed by atoms with van der Waals surface area (Å²) < 4.78 is 0. The van der Waals surface area contributed by atoms with Crippen molar-refractivity contribution in [1.29, 1.82) is 0 Å². The van der Waals surface area contributed by atoms with Crippen LogP contribution in [-0.2, 0) is 6.54 Å². The second-order valence-corrected chi connectivity index (χ2v) is 5.20. The van der Waals surface area contributed by atoms with Gasteiger partial charge in [-0.1, -0.05) is 30.3 Å². The van der Waals surface area contributed by atoms with Crippen LogP contribution in [0.3, 0.4) is 0 Å².